The van der Waals surface area contributed by atoms with Crippen molar-refractivity contribution in [2.45, 2.75) is 19.0 Å². The van der Waals surface area contributed by atoms with Crippen LogP contribution >= 0.6 is 11.6 Å². The van der Waals surface area contributed by atoms with Crippen LogP contribution in [0.2, 0.25) is 5.02 Å². The monoisotopic (exact) mass is 434 g/mol. The predicted molar refractivity (Wildman–Crippen MR) is 103 cm³/mol. The molecule has 1 aliphatic heterocycles. The van der Waals surface area contributed by atoms with Gasteiger partial charge in [0.05, 0.1) is 10.7 Å². The van der Waals surface area contributed by atoms with Gasteiger partial charge in [0.15, 0.2) is 0 Å². The van der Waals surface area contributed by atoms with Gasteiger partial charge in [-0.25, -0.2) is 14.4 Å². The third-order valence-corrected chi connectivity index (χ3v) is 4.15. The van der Waals surface area contributed by atoms with Gasteiger partial charge in [-0.15, -0.1) is 0 Å². The molecule has 0 unspecified atom stereocenters. The molecule has 1 aliphatic rings. The summed E-state index contributed by atoms with van der Waals surface area (Å²) in [5.74, 6) is -1.22. The maximum Gasteiger partial charge on any atom is 0.426 e. The quantitative estimate of drug-likeness (QED) is 0.319. The lowest BCUT2D eigenvalue weighted by molar-refractivity contribution is -0.116. The number of hydrogen-bond donors (Lipinski definition) is 2. The number of aliphatic imine (C=N–C) groups is 2. The highest BCUT2D eigenvalue weighted by atomic mass is 35.5. The molecule has 0 saturated carbocycles. The van der Waals surface area contributed by atoms with Crippen LogP contribution in [0.25, 0.3) is 0 Å². The molecule has 158 valence electrons. The van der Waals surface area contributed by atoms with Gasteiger partial charge in [0, 0.05) is 32.0 Å². The molecule has 0 atom stereocenters. The second kappa shape index (κ2) is 10.9. The van der Waals surface area contributed by atoms with E-state index in [1.807, 2.05) is 0 Å². The summed E-state index contributed by atoms with van der Waals surface area (Å²) >= 11 is 5.84. The molecule has 1 saturated heterocycles. The maximum atomic E-state index is 13.1. The first-order chi connectivity index (χ1) is 13.7. The Bertz CT molecular complexity index is 791. The lowest BCUT2D eigenvalue weighted by Gasteiger charge is -2.21. The number of alkyl halides is 3. The number of nitrogens with zero attached hydrogens (tertiary/aromatic N) is 2. The van der Waals surface area contributed by atoms with E-state index >= 15 is 0 Å². The molecule has 2 N–H and O–H groups in total. The van der Waals surface area contributed by atoms with Crippen LogP contribution in [0, 0.1) is 11.7 Å². The Kier molecular flexibility index (Phi) is 8.59. The molecule has 2 rings (SSSR count). The highest BCUT2D eigenvalue weighted by Crippen LogP contribution is 2.22. The molecular formula is C18H19ClF4N4O2. The van der Waals surface area contributed by atoms with Crippen LogP contribution in [0.5, 0.6) is 0 Å². The van der Waals surface area contributed by atoms with Gasteiger partial charge in [-0.05, 0) is 37.0 Å². The molecule has 6 nitrogen and oxygen atoms in total. The third-order valence-electron chi connectivity index (χ3n) is 3.84. The fraction of sp³-hybridized carbons (Fsp3) is 0.389. The summed E-state index contributed by atoms with van der Waals surface area (Å²) in [6.07, 6.45) is -1.17. The molecule has 0 aliphatic carbocycles. The van der Waals surface area contributed by atoms with Gasteiger partial charge in [0.25, 0.3) is 0 Å². The summed E-state index contributed by atoms with van der Waals surface area (Å²) in [5.41, 5.74) is 0.100. The van der Waals surface area contributed by atoms with Crippen molar-refractivity contribution in [3.05, 3.63) is 41.3 Å². The summed E-state index contributed by atoms with van der Waals surface area (Å²) in [5, 5.41) is 5.09. The molecule has 1 heterocycles. The van der Waals surface area contributed by atoms with E-state index in [0.717, 1.165) is 37.3 Å². The zero-order valence-corrected chi connectivity index (χ0v) is 15.9. The SMILES string of the molecule is O=C(/C=C/N=C(/N=C/C(F)(F)F)Nc1ccc(F)cc1Cl)NCC1CCOCC1. The number of hydrogen-bond acceptors (Lipinski definition) is 3. The van der Waals surface area contributed by atoms with Crippen LogP contribution in [0.15, 0.2) is 40.5 Å². The summed E-state index contributed by atoms with van der Waals surface area (Å²) in [7, 11) is 0. The summed E-state index contributed by atoms with van der Waals surface area (Å²) in [6, 6.07) is 3.27. The number of carbonyl (C=O) groups excluding carboxylic acids is 1. The van der Waals surface area contributed by atoms with E-state index in [1.54, 1.807) is 0 Å². The Balaban J connectivity index is 2.02. The third kappa shape index (κ3) is 9.05. The molecule has 29 heavy (non-hydrogen) atoms. The smallest absolute Gasteiger partial charge is 0.381 e. The van der Waals surface area contributed by atoms with E-state index in [4.69, 9.17) is 16.3 Å². The van der Waals surface area contributed by atoms with E-state index in [9.17, 15) is 22.4 Å². The molecular weight excluding hydrogens is 416 g/mol. The lowest BCUT2D eigenvalue weighted by Crippen LogP contribution is -2.31. The highest BCUT2D eigenvalue weighted by Gasteiger charge is 2.24. The molecule has 1 aromatic carbocycles. The average molecular weight is 435 g/mol. The number of ether oxygens (including phenoxy) is 1. The van der Waals surface area contributed by atoms with E-state index in [2.05, 4.69) is 20.6 Å². The van der Waals surface area contributed by atoms with Crippen LogP contribution in [-0.4, -0.2) is 44.0 Å². The van der Waals surface area contributed by atoms with E-state index in [-0.39, 0.29) is 16.9 Å². The standard InChI is InChI=1S/C18H19ClF4N4O2/c19-14-9-13(20)1-2-15(14)27-17(26-11-18(21,22)23)24-6-3-16(28)25-10-12-4-7-29-8-5-12/h1-3,6,9,11-12H,4-5,7-8,10H2,(H,24,27)(H,25,28)/b6-3+,26-11+. The summed E-state index contributed by atoms with van der Waals surface area (Å²) < 4.78 is 55.6. The second-order valence-electron chi connectivity index (χ2n) is 6.12. The molecule has 0 spiro atoms. The molecule has 0 aromatic heterocycles. The zero-order valence-electron chi connectivity index (χ0n) is 15.2. The van der Waals surface area contributed by atoms with Crippen LogP contribution < -0.4 is 10.6 Å². The van der Waals surface area contributed by atoms with Crippen molar-refractivity contribution >= 4 is 35.4 Å². The highest BCUT2D eigenvalue weighted by molar-refractivity contribution is 6.33. The van der Waals surface area contributed by atoms with Crippen LogP contribution in [0.4, 0.5) is 23.2 Å². The van der Waals surface area contributed by atoms with Gasteiger partial charge in [-0.2, -0.15) is 13.2 Å². The fourth-order valence-electron chi connectivity index (χ4n) is 2.37. The minimum absolute atomic E-state index is 0.0712. The van der Waals surface area contributed by atoms with Gasteiger partial charge in [0.2, 0.25) is 11.9 Å². The van der Waals surface area contributed by atoms with Crippen molar-refractivity contribution in [1.82, 2.24) is 5.32 Å². The number of guanidine groups is 1. The lowest BCUT2D eigenvalue weighted by atomic mass is 10.0. The minimum atomic E-state index is -4.67. The van der Waals surface area contributed by atoms with E-state index in [1.165, 1.54) is 6.07 Å². The van der Waals surface area contributed by atoms with Crippen LogP contribution in [0.3, 0.4) is 0 Å². The zero-order chi connectivity index (χ0) is 21.3. The van der Waals surface area contributed by atoms with Crippen molar-refractivity contribution < 1.29 is 27.1 Å². The Labute approximate surface area is 169 Å². The Hall–Kier alpha value is -2.46. The maximum absolute atomic E-state index is 13.1. The molecule has 11 heteroatoms. The molecule has 0 radical (unpaired) electrons. The van der Waals surface area contributed by atoms with Gasteiger partial charge in [-0.3, -0.25) is 4.79 Å². The van der Waals surface area contributed by atoms with Gasteiger partial charge < -0.3 is 15.4 Å². The van der Waals surface area contributed by atoms with E-state index in [0.29, 0.717) is 25.7 Å². The number of nitrogens with one attached hydrogen (secondary N) is 2. The fourth-order valence-corrected chi connectivity index (χ4v) is 2.59. The van der Waals surface area contributed by atoms with Crippen molar-refractivity contribution in [3.63, 3.8) is 0 Å². The number of halogens is 5. The Morgan fingerprint density at radius 1 is 1.31 bits per heavy atom. The minimum Gasteiger partial charge on any atom is -0.381 e. The summed E-state index contributed by atoms with van der Waals surface area (Å²) in [4.78, 5) is 18.8. The molecule has 0 bridgehead atoms. The van der Waals surface area contributed by atoms with E-state index < -0.39 is 23.9 Å². The molecule has 1 aromatic rings. The van der Waals surface area contributed by atoms with Crippen LogP contribution in [0.1, 0.15) is 12.8 Å². The number of amides is 1. The number of anilines is 1. The van der Waals surface area contributed by atoms with Gasteiger partial charge in [-0.1, -0.05) is 11.6 Å². The first-order valence-electron chi connectivity index (χ1n) is 8.67. The number of benzene rings is 1. The van der Waals surface area contributed by atoms with Gasteiger partial charge in [0.1, 0.15) is 12.0 Å². The number of carbonyl (C=O) groups is 1. The van der Waals surface area contributed by atoms with Crippen LogP contribution in [-0.2, 0) is 9.53 Å². The second-order valence-corrected chi connectivity index (χ2v) is 6.53. The number of rotatable bonds is 5. The Morgan fingerprint density at radius 3 is 2.69 bits per heavy atom. The normalized spacial score (nSPS) is 16.5. The largest absolute Gasteiger partial charge is 0.426 e. The van der Waals surface area contributed by atoms with Gasteiger partial charge >= 0.3 is 6.18 Å². The molecule has 1 fully saturated rings. The molecule has 1 amide bonds. The first kappa shape index (κ1) is 22.8. The van der Waals surface area contributed by atoms with Crippen molar-refractivity contribution in [2.75, 3.05) is 25.1 Å². The topological polar surface area (TPSA) is 75.1 Å². The van der Waals surface area contributed by atoms with Crippen molar-refractivity contribution in [1.29, 1.82) is 0 Å². The average Bonchev–Trinajstić information content (AvgIpc) is 2.66. The van der Waals surface area contributed by atoms with Crippen molar-refractivity contribution in [2.24, 2.45) is 15.9 Å². The summed E-state index contributed by atoms with van der Waals surface area (Å²) in [6.45, 7) is 1.77. The first-order valence-corrected chi connectivity index (χ1v) is 9.04. The predicted octanol–water partition coefficient (Wildman–Crippen LogP) is 3.94. The van der Waals surface area contributed by atoms with Crippen molar-refractivity contribution in [3.8, 4) is 0 Å². The Morgan fingerprint density at radius 2 is 2.03 bits per heavy atom.